The third-order valence-electron chi connectivity index (χ3n) is 2.31. The highest BCUT2D eigenvalue weighted by molar-refractivity contribution is 5.76. The number of anilines is 1. The van der Waals surface area contributed by atoms with E-state index in [2.05, 4.69) is 21.8 Å². The second-order valence-electron chi connectivity index (χ2n) is 3.66. The first-order valence-electron chi connectivity index (χ1n) is 5.38. The standard InChI is InChI=1S/C12H12N4O2/c1-2-7-16(8-11(17)18)12-13-9-5-3-4-6-10(9)14-15-12/h2-6H,1,7-8H2,(H,17,18). The van der Waals surface area contributed by atoms with Gasteiger partial charge in [-0.15, -0.1) is 16.8 Å². The van der Waals surface area contributed by atoms with Gasteiger partial charge in [-0.3, -0.25) is 4.79 Å². The van der Waals surface area contributed by atoms with E-state index in [4.69, 9.17) is 5.11 Å². The summed E-state index contributed by atoms with van der Waals surface area (Å²) in [5.74, 6) is -0.662. The summed E-state index contributed by atoms with van der Waals surface area (Å²) < 4.78 is 0. The molecule has 1 heterocycles. The molecule has 18 heavy (non-hydrogen) atoms. The van der Waals surface area contributed by atoms with Gasteiger partial charge in [0.05, 0.1) is 5.52 Å². The molecule has 0 spiro atoms. The fraction of sp³-hybridized carbons (Fsp3) is 0.167. The number of carbonyl (C=O) groups is 1. The molecule has 0 fully saturated rings. The lowest BCUT2D eigenvalue weighted by molar-refractivity contribution is -0.135. The molecule has 0 aliphatic carbocycles. The van der Waals surface area contributed by atoms with Crippen LogP contribution in [0.2, 0.25) is 0 Å². The molecule has 1 aromatic carbocycles. The molecular weight excluding hydrogens is 232 g/mol. The van der Waals surface area contributed by atoms with E-state index in [0.29, 0.717) is 17.6 Å². The minimum Gasteiger partial charge on any atom is -0.480 e. The molecule has 0 atom stereocenters. The molecule has 0 radical (unpaired) electrons. The highest BCUT2D eigenvalue weighted by Crippen LogP contribution is 2.12. The van der Waals surface area contributed by atoms with Gasteiger partial charge in [-0.05, 0) is 12.1 Å². The van der Waals surface area contributed by atoms with E-state index in [-0.39, 0.29) is 12.5 Å². The summed E-state index contributed by atoms with van der Waals surface area (Å²) >= 11 is 0. The van der Waals surface area contributed by atoms with Crippen molar-refractivity contribution in [1.82, 2.24) is 15.2 Å². The minimum absolute atomic E-state index is 0.188. The second kappa shape index (κ2) is 5.22. The maximum absolute atomic E-state index is 10.8. The molecular formula is C12H12N4O2. The van der Waals surface area contributed by atoms with Crippen LogP contribution >= 0.6 is 0 Å². The number of para-hydroxylation sites is 1. The number of hydrogen-bond acceptors (Lipinski definition) is 5. The molecule has 0 amide bonds. The summed E-state index contributed by atoms with van der Waals surface area (Å²) in [5.41, 5.74) is 1.36. The van der Waals surface area contributed by atoms with Crippen molar-refractivity contribution in [2.45, 2.75) is 0 Å². The van der Waals surface area contributed by atoms with Crippen molar-refractivity contribution in [2.75, 3.05) is 18.0 Å². The average Bonchev–Trinajstić information content (AvgIpc) is 2.37. The number of aromatic nitrogens is 3. The van der Waals surface area contributed by atoms with Crippen molar-refractivity contribution in [3.05, 3.63) is 36.9 Å². The molecule has 2 aromatic rings. The molecule has 0 saturated carbocycles. The van der Waals surface area contributed by atoms with Gasteiger partial charge in [0, 0.05) is 6.54 Å². The van der Waals surface area contributed by atoms with Crippen molar-refractivity contribution in [3.8, 4) is 0 Å². The zero-order valence-electron chi connectivity index (χ0n) is 9.65. The third-order valence-corrected chi connectivity index (χ3v) is 2.31. The van der Waals surface area contributed by atoms with E-state index >= 15 is 0 Å². The largest absolute Gasteiger partial charge is 0.480 e. The van der Waals surface area contributed by atoms with Crippen molar-refractivity contribution < 1.29 is 9.90 Å². The Morgan fingerprint density at radius 3 is 2.72 bits per heavy atom. The van der Waals surface area contributed by atoms with Gasteiger partial charge in [-0.25, -0.2) is 4.98 Å². The van der Waals surface area contributed by atoms with Crippen LogP contribution in [0.4, 0.5) is 5.95 Å². The topological polar surface area (TPSA) is 79.2 Å². The fourth-order valence-electron chi connectivity index (χ4n) is 1.54. The lowest BCUT2D eigenvalue weighted by Crippen LogP contribution is -2.31. The smallest absolute Gasteiger partial charge is 0.323 e. The lowest BCUT2D eigenvalue weighted by atomic mass is 10.3. The molecule has 0 unspecified atom stereocenters. The van der Waals surface area contributed by atoms with Crippen LogP contribution in [-0.4, -0.2) is 39.3 Å². The number of aliphatic carboxylic acids is 1. The Labute approximate surface area is 104 Å². The van der Waals surface area contributed by atoms with Crippen LogP contribution in [0.25, 0.3) is 11.0 Å². The van der Waals surface area contributed by atoms with Gasteiger partial charge in [0.15, 0.2) is 0 Å². The van der Waals surface area contributed by atoms with Gasteiger partial charge in [-0.2, -0.15) is 0 Å². The molecule has 6 heteroatoms. The van der Waals surface area contributed by atoms with Crippen LogP contribution in [0.5, 0.6) is 0 Å². The molecule has 2 rings (SSSR count). The number of carboxylic acid groups (broad SMARTS) is 1. The van der Waals surface area contributed by atoms with Gasteiger partial charge < -0.3 is 10.0 Å². The fourth-order valence-corrected chi connectivity index (χ4v) is 1.54. The number of fused-ring (bicyclic) bond motifs is 1. The average molecular weight is 244 g/mol. The van der Waals surface area contributed by atoms with Crippen molar-refractivity contribution >= 4 is 23.0 Å². The summed E-state index contributed by atoms with van der Waals surface area (Å²) in [6.45, 7) is 3.75. The van der Waals surface area contributed by atoms with Gasteiger partial charge >= 0.3 is 5.97 Å². The van der Waals surface area contributed by atoms with E-state index in [1.165, 1.54) is 4.90 Å². The third kappa shape index (κ3) is 2.60. The minimum atomic E-state index is -0.950. The molecule has 0 saturated heterocycles. The molecule has 0 aliphatic rings. The van der Waals surface area contributed by atoms with E-state index in [1.54, 1.807) is 18.2 Å². The van der Waals surface area contributed by atoms with Crippen molar-refractivity contribution in [1.29, 1.82) is 0 Å². The molecule has 1 N–H and O–H groups in total. The number of benzene rings is 1. The predicted molar refractivity (Wildman–Crippen MR) is 67.4 cm³/mol. The Balaban J connectivity index is 2.37. The SMILES string of the molecule is C=CCN(CC(=O)O)c1nnc2ccccc2n1. The highest BCUT2D eigenvalue weighted by Gasteiger charge is 2.13. The summed E-state index contributed by atoms with van der Waals surface area (Å²) in [6.07, 6.45) is 1.60. The first-order valence-corrected chi connectivity index (χ1v) is 5.38. The van der Waals surface area contributed by atoms with Gasteiger partial charge in [0.2, 0.25) is 5.95 Å². The summed E-state index contributed by atoms with van der Waals surface area (Å²) in [5, 5.41) is 16.8. The van der Waals surface area contributed by atoms with Crippen LogP contribution in [-0.2, 0) is 4.79 Å². The Bertz CT molecular complexity index is 585. The number of rotatable bonds is 5. The Morgan fingerprint density at radius 1 is 1.33 bits per heavy atom. The van der Waals surface area contributed by atoms with Crippen LogP contribution in [0, 0.1) is 0 Å². The van der Waals surface area contributed by atoms with Crippen molar-refractivity contribution in [3.63, 3.8) is 0 Å². The summed E-state index contributed by atoms with van der Waals surface area (Å²) in [4.78, 5) is 16.6. The number of carboxylic acids is 1. The molecule has 92 valence electrons. The van der Waals surface area contributed by atoms with Gasteiger partial charge in [0.1, 0.15) is 12.1 Å². The summed E-state index contributed by atoms with van der Waals surface area (Å²) in [6, 6.07) is 7.29. The Hall–Kier alpha value is -2.50. The molecule has 6 nitrogen and oxygen atoms in total. The first-order chi connectivity index (χ1) is 8.70. The van der Waals surface area contributed by atoms with Crippen LogP contribution in [0.3, 0.4) is 0 Å². The lowest BCUT2D eigenvalue weighted by Gasteiger charge is -2.17. The quantitative estimate of drug-likeness (QED) is 0.793. The van der Waals surface area contributed by atoms with E-state index in [0.717, 1.165) is 0 Å². The second-order valence-corrected chi connectivity index (χ2v) is 3.66. The maximum atomic E-state index is 10.8. The highest BCUT2D eigenvalue weighted by atomic mass is 16.4. The zero-order chi connectivity index (χ0) is 13.0. The molecule has 0 aliphatic heterocycles. The normalized spacial score (nSPS) is 10.2. The van der Waals surface area contributed by atoms with Gasteiger partial charge in [-0.1, -0.05) is 18.2 Å². The van der Waals surface area contributed by atoms with Crippen LogP contribution < -0.4 is 4.90 Å². The van der Waals surface area contributed by atoms with E-state index in [9.17, 15) is 4.79 Å². The Morgan fingerprint density at radius 2 is 2.06 bits per heavy atom. The van der Waals surface area contributed by atoms with E-state index in [1.807, 2.05) is 12.1 Å². The van der Waals surface area contributed by atoms with Crippen LogP contribution in [0.15, 0.2) is 36.9 Å². The summed E-state index contributed by atoms with van der Waals surface area (Å²) in [7, 11) is 0. The zero-order valence-corrected chi connectivity index (χ0v) is 9.65. The first kappa shape index (κ1) is 12.0. The maximum Gasteiger partial charge on any atom is 0.323 e. The van der Waals surface area contributed by atoms with Crippen molar-refractivity contribution in [2.24, 2.45) is 0 Å². The van der Waals surface area contributed by atoms with E-state index < -0.39 is 5.97 Å². The monoisotopic (exact) mass is 244 g/mol. The molecule has 1 aromatic heterocycles. The Kier molecular flexibility index (Phi) is 3.47. The van der Waals surface area contributed by atoms with Gasteiger partial charge in [0.25, 0.3) is 0 Å². The number of nitrogens with zero attached hydrogens (tertiary/aromatic N) is 4. The number of hydrogen-bond donors (Lipinski definition) is 1. The van der Waals surface area contributed by atoms with Crippen LogP contribution in [0.1, 0.15) is 0 Å². The molecule has 0 bridgehead atoms. The predicted octanol–water partition coefficient (Wildman–Crippen LogP) is 1.10.